The molecule has 0 aliphatic heterocycles. The van der Waals surface area contributed by atoms with E-state index in [2.05, 4.69) is 36.3 Å². The molecule has 1 unspecified atom stereocenters. The Labute approximate surface area is 142 Å². The van der Waals surface area contributed by atoms with Gasteiger partial charge in [0.15, 0.2) is 0 Å². The van der Waals surface area contributed by atoms with Gasteiger partial charge in [0.2, 0.25) is 5.91 Å². The van der Waals surface area contributed by atoms with Crippen molar-refractivity contribution in [1.29, 1.82) is 0 Å². The predicted molar refractivity (Wildman–Crippen MR) is 96.4 cm³/mol. The van der Waals surface area contributed by atoms with Gasteiger partial charge in [-0.2, -0.15) is 0 Å². The molecule has 0 saturated heterocycles. The van der Waals surface area contributed by atoms with Crippen LogP contribution in [0.3, 0.4) is 0 Å². The highest BCUT2D eigenvalue weighted by Crippen LogP contribution is 2.24. The number of carbonyl (C=O) groups is 1. The molecule has 2 aromatic carbocycles. The van der Waals surface area contributed by atoms with Gasteiger partial charge in [-0.1, -0.05) is 43.3 Å². The standard InChI is InChI=1S/C20H21N3O/c1-15-7-3-4-8-17(15)16(2)13-20(24)22-18-9-5-6-10-19(18)23-12-11-21-14-23/h3-12,14,16H,13H2,1-2H3,(H,22,24). The first-order chi connectivity index (χ1) is 11.6. The Hall–Kier alpha value is -2.88. The van der Waals surface area contributed by atoms with Gasteiger partial charge in [0.1, 0.15) is 0 Å². The van der Waals surface area contributed by atoms with Crippen LogP contribution in [0.15, 0.2) is 67.3 Å². The van der Waals surface area contributed by atoms with Crippen molar-refractivity contribution >= 4 is 11.6 Å². The molecule has 3 aromatic rings. The molecule has 3 rings (SSSR count). The minimum Gasteiger partial charge on any atom is -0.324 e. The van der Waals surface area contributed by atoms with Crippen molar-refractivity contribution < 1.29 is 4.79 Å². The summed E-state index contributed by atoms with van der Waals surface area (Å²) >= 11 is 0. The van der Waals surface area contributed by atoms with Crippen molar-refractivity contribution in [1.82, 2.24) is 9.55 Å². The molecule has 1 aromatic heterocycles. The van der Waals surface area contributed by atoms with E-state index in [9.17, 15) is 4.79 Å². The zero-order chi connectivity index (χ0) is 16.9. The minimum atomic E-state index is 0.0123. The fraction of sp³-hybridized carbons (Fsp3) is 0.200. The lowest BCUT2D eigenvalue weighted by molar-refractivity contribution is -0.116. The molecule has 0 aliphatic carbocycles. The van der Waals surface area contributed by atoms with E-state index in [1.165, 1.54) is 11.1 Å². The summed E-state index contributed by atoms with van der Waals surface area (Å²) in [6.45, 7) is 4.17. The Kier molecular flexibility index (Phi) is 4.75. The van der Waals surface area contributed by atoms with Crippen molar-refractivity contribution in [2.24, 2.45) is 0 Å². The van der Waals surface area contributed by atoms with Crippen LogP contribution in [-0.4, -0.2) is 15.5 Å². The van der Waals surface area contributed by atoms with Crippen molar-refractivity contribution in [3.05, 3.63) is 78.4 Å². The average Bonchev–Trinajstić information content (AvgIpc) is 3.10. The van der Waals surface area contributed by atoms with E-state index >= 15 is 0 Å². The van der Waals surface area contributed by atoms with Crippen LogP contribution in [0.25, 0.3) is 5.69 Å². The second kappa shape index (κ2) is 7.13. The molecule has 122 valence electrons. The third-order valence-electron chi connectivity index (χ3n) is 4.17. The Morgan fingerprint density at radius 3 is 2.67 bits per heavy atom. The number of nitrogens with one attached hydrogen (secondary N) is 1. The van der Waals surface area contributed by atoms with Crippen LogP contribution in [0, 0.1) is 6.92 Å². The van der Waals surface area contributed by atoms with Gasteiger partial charge in [-0.3, -0.25) is 4.79 Å². The Morgan fingerprint density at radius 2 is 1.92 bits per heavy atom. The molecule has 4 nitrogen and oxygen atoms in total. The fourth-order valence-electron chi connectivity index (χ4n) is 2.94. The first kappa shape index (κ1) is 16.0. The van der Waals surface area contributed by atoms with Gasteiger partial charge >= 0.3 is 0 Å². The summed E-state index contributed by atoms with van der Waals surface area (Å²) in [4.78, 5) is 16.6. The number of benzene rings is 2. The van der Waals surface area contributed by atoms with Crippen LogP contribution < -0.4 is 5.32 Å². The van der Waals surface area contributed by atoms with Crippen LogP contribution in [0.5, 0.6) is 0 Å². The summed E-state index contributed by atoms with van der Waals surface area (Å²) in [7, 11) is 0. The van der Waals surface area contributed by atoms with Crippen LogP contribution in [0.2, 0.25) is 0 Å². The second-order valence-corrected chi connectivity index (χ2v) is 6.00. The normalized spacial score (nSPS) is 11.9. The monoisotopic (exact) mass is 319 g/mol. The van der Waals surface area contributed by atoms with E-state index in [4.69, 9.17) is 0 Å². The van der Waals surface area contributed by atoms with E-state index in [0.29, 0.717) is 6.42 Å². The average molecular weight is 319 g/mol. The van der Waals surface area contributed by atoms with E-state index in [1.54, 1.807) is 12.5 Å². The van der Waals surface area contributed by atoms with Crippen molar-refractivity contribution in [2.75, 3.05) is 5.32 Å². The molecule has 0 saturated carbocycles. The highest BCUT2D eigenvalue weighted by molar-refractivity contribution is 5.93. The highest BCUT2D eigenvalue weighted by Gasteiger charge is 2.14. The van der Waals surface area contributed by atoms with Gasteiger partial charge in [0, 0.05) is 18.8 Å². The van der Waals surface area contributed by atoms with E-state index in [0.717, 1.165) is 11.4 Å². The maximum atomic E-state index is 12.5. The van der Waals surface area contributed by atoms with Crippen LogP contribution >= 0.6 is 0 Å². The summed E-state index contributed by atoms with van der Waals surface area (Å²) in [6, 6.07) is 15.9. The number of para-hydroxylation sites is 2. The fourth-order valence-corrected chi connectivity index (χ4v) is 2.94. The lowest BCUT2D eigenvalue weighted by atomic mass is 9.93. The molecular weight excluding hydrogens is 298 g/mol. The smallest absolute Gasteiger partial charge is 0.225 e. The zero-order valence-electron chi connectivity index (χ0n) is 13.9. The SMILES string of the molecule is Cc1ccccc1C(C)CC(=O)Nc1ccccc1-n1ccnc1. The molecule has 4 heteroatoms. The molecule has 1 heterocycles. The number of anilines is 1. The predicted octanol–water partition coefficient (Wildman–Crippen LogP) is 4.31. The number of amides is 1. The molecule has 0 aliphatic rings. The minimum absolute atomic E-state index is 0.0123. The number of nitrogens with zero attached hydrogens (tertiary/aromatic N) is 2. The molecule has 0 radical (unpaired) electrons. The summed E-state index contributed by atoms with van der Waals surface area (Å²) in [5.74, 6) is 0.185. The van der Waals surface area contributed by atoms with Crippen molar-refractivity contribution in [3.8, 4) is 5.69 Å². The summed E-state index contributed by atoms with van der Waals surface area (Å²) in [5.41, 5.74) is 4.14. The maximum Gasteiger partial charge on any atom is 0.225 e. The Bertz CT molecular complexity index is 824. The third-order valence-corrected chi connectivity index (χ3v) is 4.17. The molecule has 0 fully saturated rings. The maximum absolute atomic E-state index is 12.5. The van der Waals surface area contributed by atoms with E-state index < -0.39 is 0 Å². The van der Waals surface area contributed by atoms with Gasteiger partial charge < -0.3 is 9.88 Å². The van der Waals surface area contributed by atoms with Gasteiger partial charge in [0.05, 0.1) is 17.7 Å². The highest BCUT2D eigenvalue weighted by atomic mass is 16.1. The molecular formula is C20H21N3O. The number of aromatic nitrogens is 2. The molecule has 24 heavy (non-hydrogen) atoms. The number of imidazole rings is 1. The first-order valence-corrected chi connectivity index (χ1v) is 8.08. The largest absolute Gasteiger partial charge is 0.324 e. The van der Waals surface area contributed by atoms with Crippen LogP contribution in [0.4, 0.5) is 5.69 Å². The van der Waals surface area contributed by atoms with Crippen molar-refractivity contribution in [3.63, 3.8) is 0 Å². The first-order valence-electron chi connectivity index (χ1n) is 8.08. The molecule has 0 spiro atoms. The summed E-state index contributed by atoms with van der Waals surface area (Å²) < 4.78 is 1.89. The molecule has 1 amide bonds. The van der Waals surface area contributed by atoms with Crippen LogP contribution in [0.1, 0.15) is 30.4 Å². The van der Waals surface area contributed by atoms with Gasteiger partial charge in [-0.05, 0) is 36.1 Å². The molecule has 0 bridgehead atoms. The number of rotatable bonds is 5. The second-order valence-electron chi connectivity index (χ2n) is 6.00. The number of carbonyl (C=O) groups excluding carboxylic acids is 1. The third kappa shape index (κ3) is 3.54. The molecule has 1 atom stereocenters. The lowest BCUT2D eigenvalue weighted by Gasteiger charge is -2.16. The summed E-state index contributed by atoms with van der Waals surface area (Å²) in [6.07, 6.45) is 5.75. The number of hydrogen-bond donors (Lipinski definition) is 1. The topological polar surface area (TPSA) is 46.9 Å². The Balaban J connectivity index is 1.73. The number of aryl methyl sites for hydroxylation is 1. The van der Waals surface area contributed by atoms with Crippen molar-refractivity contribution in [2.45, 2.75) is 26.2 Å². The van der Waals surface area contributed by atoms with Gasteiger partial charge in [-0.15, -0.1) is 0 Å². The summed E-state index contributed by atoms with van der Waals surface area (Å²) in [5, 5.41) is 3.03. The number of hydrogen-bond acceptors (Lipinski definition) is 2. The molecule has 1 N–H and O–H groups in total. The zero-order valence-corrected chi connectivity index (χ0v) is 13.9. The van der Waals surface area contributed by atoms with E-state index in [-0.39, 0.29) is 11.8 Å². The lowest BCUT2D eigenvalue weighted by Crippen LogP contribution is -2.16. The van der Waals surface area contributed by atoms with E-state index in [1.807, 2.05) is 47.2 Å². The Morgan fingerprint density at radius 1 is 1.17 bits per heavy atom. The van der Waals surface area contributed by atoms with Gasteiger partial charge in [-0.25, -0.2) is 4.98 Å². The quantitative estimate of drug-likeness (QED) is 0.761. The van der Waals surface area contributed by atoms with Crippen LogP contribution in [-0.2, 0) is 4.79 Å². The van der Waals surface area contributed by atoms with Gasteiger partial charge in [0.25, 0.3) is 0 Å².